The molecule has 2 heterocycles. The Balaban J connectivity index is 1.45. The van der Waals surface area contributed by atoms with Crippen LogP contribution in [-0.2, 0) is 16.1 Å². The van der Waals surface area contributed by atoms with Crippen LogP contribution in [0.3, 0.4) is 0 Å². The van der Waals surface area contributed by atoms with Gasteiger partial charge in [-0.3, -0.25) is 14.2 Å². The fourth-order valence-corrected chi connectivity index (χ4v) is 5.12. The number of nitrogens with zero attached hydrogens (tertiary/aromatic N) is 2. The van der Waals surface area contributed by atoms with Gasteiger partial charge in [0.2, 0.25) is 5.91 Å². The van der Waals surface area contributed by atoms with Crippen LogP contribution in [0.2, 0.25) is 5.02 Å². The van der Waals surface area contributed by atoms with Crippen molar-refractivity contribution in [3.8, 4) is 0 Å². The van der Waals surface area contributed by atoms with Gasteiger partial charge in [-0.2, -0.15) is 0 Å². The number of thioether (sulfide) groups is 1. The van der Waals surface area contributed by atoms with Gasteiger partial charge in [0.1, 0.15) is 0 Å². The molecule has 1 atom stereocenters. The minimum atomic E-state index is -0.121. The van der Waals surface area contributed by atoms with Gasteiger partial charge < -0.3 is 10.1 Å². The lowest BCUT2D eigenvalue weighted by atomic mass is 9.97. The lowest BCUT2D eigenvalue weighted by Crippen LogP contribution is -2.30. The Morgan fingerprint density at radius 2 is 2.23 bits per heavy atom. The second-order valence-corrected chi connectivity index (χ2v) is 9.48. The van der Waals surface area contributed by atoms with Crippen LogP contribution in [0.4, 0.5) is 0 Å². The molecule has 0 saturated carbocycles. The number of amides is 1. The largest absolute Gasteiger partial charge is 0.376 e. The van der Waals surface area contributed by atoms with E-state index >= 15 is 0 Å². The quantitative estimate of drug-likeness (QED) is 0.360. The summed E-state index contributed by atoms with van der Waals surface area (Å²) in [4.78, 5) is 30.2. The standard InChI is InChI=1S/C23H28ClN3O3S/c24-17-8-9-19-20(13-17)26-23(27(22(19)29)14-18-7-4-12-30-18)31-15-21(28)25-11-10-16-5-2-1-3-6-16/h5,8-9,13,18H,1-4,6-7,10-12,14-15H2,(H,25,28)/t18-/m0/s1. The summed E-state index contributed by atoms with van der Waals surface area (Å²) in [6.07, 6.45) is 9.94. The van der Waals surface area contributed by atoms with E-state index in [0.29, 0.717) is 34.2 Å². The zero-order chi connectivity index (χ0) is 21.6. The second kappa shape index (κ2) is 10.7. The van der Waals surface area contributed by atoms with Crippen molar-refractivity contribution in [1.82, 2.24) is 14.9 Å². The molecule has 1 aliphatic carbocycles. The van der Waals surface area contributed by atoms with Gasteiger partial charge in [-0.25, -0.2) is 4.98 Å². The fourth-order valence-electron chi connectivity index (χ4n) is 4.11. The molecule has 0 bridgehead atoms. The number of halogens is 1. The van der Waals surface area contributed by atoms with E-state index in [0.717, 1.165) is 38.7 Å². The molecule has 1 saturated heterocycles. The van der Waals surface area contributed by atoms with Crippen LogP contribution in [0.25, 0.3) is 10.9 Å². The summed E-state index contributed by atoms with van der Waals surface area (Å²) in [5, 5.41) is 4.57. The van der Waals surface area contributed by atoms with Crippen LogP contribution in [0, 0.1) is 0 Å². The first-order valence-electron chi connectivity index (χ1n) is 11.0. The molecule has 0 spiro atoms. The molecule has 1 amide bonds. The lowest BCUT2D eigenvalue weighted by molar-refractivity contribution is -0.118. The molecule has 4 rings (SSSR count). The first-order chi connectivity index (χ1) is 15.1. The van der Waals surface area contributed by atoms with Crippen LogP contribution in [-0.4, -0.2) is 40.5 Å². The molecule has 1 aromatic carbocycles. The van der Waals surface area contributed by atoms with Crippen LogP contribution in [0.5, 0.6) is 0 Å². The SMILES string of the molecule is O=C(CSc1nc2cc(Cl)ccc2c(=O)n1C[C@@H]1CCCO1)NCCC1=CCCCC1. The van der Waals surface area contributed by atoms with Crippen LogP contribution >= 0.6 is 23.4 Å². The topological polar surface area (TPSA) is 73.2 Å². The Labute approximate surface area is 191 Å². The molecule has 166 valence electrons. The van der Waals surface area contributed by atoms with E-state index in [1.165, 1.54) is 30.2 Å². The average molecular weight is 462 g/mol. The normalized spacial score (nSPS) is 18.9. The van der Waals surface area contributed by atoms with Gasteiger partial charge in [0.25, 0.3) is 5.56 Å². The summed E-state index contributed by atoms with van der Waals surface area (Å²) in [6.45, 7) is 1.81. The fraction of sp³-hybridized carbons (Fsp3) is 0.522. The number of benzene rings is 1. The molecule has 6 nitrogen and oxygen atoms in total. The molecular formula is C23H28ClN3O3S. The van der Waals surface area contributed by atoms with E-state index in [4.69, 9.17) is 16.3 Å². The number of carbonyl (C=O) groups excluding carboxylic acids is 1. The first kappa shape index (κ1) is 22.4. The first-order valence-corrected chi connectivity index (χ1v) is 12.4. The maximum atomic E-state index is 13.1. The van der Waals surface area contributed by atoms with Gasteiger partial charge in [-0.05, 0) is 63.1 Å². The highest BCUT2D eigenvalue weighted by molar-refractivity contribution is 7.99. The number of carbonyl (C=O) groups is 1. The monoisotopic (exact) mass is 461 g/mol. The van der Waals surface area contributed by atoms with Crippen molar-refractivity contribution in [2.75, 3.05) is 18.9 Å². The van der Waals surface area contributed by atoms with Crippen LogP contribution in [0.15, 0.2) is 39.8 Å². The molecule has 2 aromatic rings. The number of rotatable bonds is 8. The van der Waals surface area contributed by atoms with Crippen molar-refractivity contribution in [3.05, 3.63) is 45.2 Å². The molecule has 1 fully saturated rings. The van der Waals surface area contributed by atoms with Crippen LogP contribution in [0.1, 0.15) is 44.9 Å². The summed E-state index contributed by atoms with van der Waals surface area (Å²) < 4.78 is 7.38. The number of allylic oxidation sites excluding steroid dienone is 1. The molecule has 0 radical (unpaired) electrons. The third-order valence-electron chi connectivity index (χ3n) is 5.78. The molecule has 0 unspecified atom stereocenters. The van der Waals surface area contributed by atoms with E-state index in [2.05, 4.69) is 16.4 Å². The van der Waals surface area contributed by atoms with Crippen molar-refractivity contribution >= 4 is 40.2 Å². The van der Waals surface area contributed by atoms with Gasteiger partial charge >= 0.3 is 0 Å². The Hall–Kier alpha value is -1.83. The van der Waals surface area contributed by atoms with Gasteiger partial charge in [0, 0.05) is 18.2 Å². The number of hydrogen-bond donors (Lipinski definition) is 1. The highest BCUT2D eigenvalue weighted by atomic mass is 35.5. The third kappa shape index (κ3) is 5.90. The molecule has 1 aromatic heterocycles. The summed E-state index contributed by atoms with van der Waals surface area (Å²) >= 11 is 7.39. The summed E-state index contributed by atoms with van der Waals surface area (Å²) in [6, 6.07) is 5.10. The van der Waals surface area contributed by atoms with Crippen molar-refractivity contribution in [2.24, 2.45) is 0 Å². The maximum Gasteiger partial charge on any atom is 0.262 e. The van der Waals surface area contributed by atoms with E-state index in [1.807, 2.05) is 0 Å². The summed E-state index contributed by atoms with van der Waals surface area (Å²) in [7, 11) is 0. The molecule has 8 heteroatoms. The molecule has 2 aliphatic rings. The predicted molar refractivity (Wildman–Crippen MR) is 125 cm³/mol. The molecule has 31 heavy (non-hydrogen) atoms. The Morgan fingerprint density at radius 1 is 1.32 bits per heavy atom. The smallest absolute Gasteiger partial charge is 0.262 e. The zero-order valence-corrected chi connectivity index (χ0v) is 19.1. The molecular weight excluding hydrogens is 434 g/mol. The Morgan fingerprint density at radius 3 is 3.00 bits per heavy atom. The number of fused-ring (bicyclic) bond motifs is 1. The number of aromatic nitrogens is 2. The molecule has 1 N–H and O–H groups in total. The van der Waals surface area contributed by atoms with Gasteiger partial charge in [0.05, 0.1) is 29.3 Å². The van der Waals surface area contributed by atoms with Crippen molar-refractivity contribution < 1.29 is 9.53 Å². The van der Waals surface area contributed by atoms with Gasteiger partial charge in [-0.1, -0.05) is 35.0 Å². The predicted octanol–water partition coefficient (Wildman–Crippen LogP) is 4.33. The maximum absolute atomic E-state index is 13.1. The van der Waals surface area contributed by atoms with E-state index in [-0.39, 0.29) is 23.3 Å². The summed E-state index contributed by atoms with van der Waals surface area (Å²) in [5.41, 5.74) is 1.87. The van der Waals surface area contributed by atoms with E-state index in [1.54, 1.807) is 22.8 Å². The Bertz CT molecular complexity index is 1030. The highest BCUT2D eigenvalue weighted by Crippen LogP contribution is 2.23. The van der Waals surface area contributed by atoms with E-state index < -0.39 is 0 Å². The molecule has 1 aliphatic heterocycles. The van der Waals surface area contributed by atoms with Crippen molar-refractivity contribution in [2.45, 2.75) is 62.8 Å². The lowest BCUT2D eigenvalue weighted by Gasteiger charge is -2.16. The number of ether oxygens (including phenoxy) is 1. The second-order valence-electron chi connectivity index (χ2n) is 8.10. The zero-order valence-electron chi connectivity index (χ0n) is 17.6. The summed E-state index contributed by atoms with van der Waals surface area (Å²) in [5.74, 6) is 0.161. The van der Waals surface area contributed by atoms with Gasteiger partial charge in [0.15, 0.2) is 5.16 Å². The average Bonchev–Trinajstić information content (AvgIpc) is 3.28. The van der Waals surface area contributed by atoms with Crippen LogP contribution < -0.4 is 10.9 Å². The van der Waals surface area contributed by atoms with Crippen molar-refractivity contribution in [3.63, 3.8) is 0 Å². The van der Waals surface area contributed by atoms with Crippen molar-refractivity contribution in [1.29, 1.82) is 0 Å². The van der Waals surface area contributed by atoms with E-state index in [9.17, 15) is 9.59 Å². The van der Waals surface area contributed by atoms with Gasteiger partial charge in [-0.15, -0.1) is 0 Å². The highest BCUT2D eigenvalue weighted by Gasteiger charge is 2.21. The minimum Gasteiger partial charge on any atom is -0.376 e. The number of hydrogen-bond acceptors (Lipinski definition) is 5. The third-order valence-corrected chi connectivity index (χ3v) is 6.99. The Kier molecular flexibility index (Phi) is 7.69. The minimum absolute atomic E-state index is 0.00111. The number of nitrogens with one attached hydrogen (secondary N) is 1.